The Hall–Kier alpha value is -0.960. The summed E-state index contributed by atoms with van der Waals surface area (Å²) >= 11 is 0. The molecule has 3 heteroatoms. The zero-order valence-electron chi connectivity index (χ0n) is 13.2. The first-order valence-corrected chi connectivity index (χ1v) is 8.32. The van der Waals surface area contributed by atoms with E-state index >= 15 is 0 Å². The largest absolute Gasteiger partial charge is 0.327 e. The van der Waals surface area contributed by atoms with Gasteiger partial charge in [-0.25, -0.2) is 8.78 Å². The van der Waals surface area contributed by atoms with Crippen LogP contribution in [0.15, 0.2) is 18.2 Å². The van der Waals surface area contributed by atoms with Crippen LogP contribution in [0, 0.1) is 11.6 Å². The third-order valence-electron chi connectivity index (χ3n) is 3.85. The minimum absolute atomic E-state index is 0.00806. The second kappa shape index (κ2) is 10.7. The monoisotopic (exact) mass is 297 g/mol. The molecule has 0 radical (unpaired) electrons. The molecule has 0 bridgehead atoms. The van der Waals surface area contributed by atoms with Crippen LogP contribution in [-0.2, 0) is 6.42 Å². The fourth-order valence-electron chi connectivity index (χ4n) is 2.67. The van der Waals surface area contributed by atoms with E-state index in [9.17, 15) is 8.78 Å². The zero-order chi connectivity index (χ0) is 15.5. The number of rotatable bonds is 11. The molecule has 1 rings (SSSR count). The van der Waals surface area contributed by atoms with Gasteiger partial charge in [0.2, 0.25) is 0 Å². The number of nitrogens with two attached hydrogens (primary N) is 1. The highest BCUT2D eigenvalue weighted by Gasteiger charge is 2.07. The lowest BCUT2D eigenvalue weighted by molar-refractivity contribution is 0.521. The van der Waals surface area contributed by atoms with Gasteiger partial charge in [-0.1, -0.05) is 58.3 Å². The van der Waals surface area contributed by atoms with Gasteiger partial charge < -0.3 is 5.73 Å². The van der Waals surface area contributed by atoms with Crippen LogP contribution in [0.2, 0.25) is 0 Å². The summed E-state index contributed by atoms with van der Waals surface area (Å²) in [6.07, 6.45) is 11.7. The van der Waals surface area contributed by atoms with Gasteiger partial charge in [0.15, 0.2) is 0 Å². The molecule has 1 atom stereocenters. The summed E-state index contributed by atoms with van der Waals surface area (Å²) in [6.45, 7) is 2.23. The van der Waals surface area contributed by atoms with Crippen LogP contribution in [0.5, 0.6) is 0 Å². The summed E-state index contributed by atoms with van der Waals surface area (Å²) in [5.41, 5.74) is 6.69. The topological polar surface area (TPSA) is 26.0 Å². The predicted molar refractivity (Wildman–Crippen MR) is 85.3 cm³/mol. The highest BCUT2D eigenvalue weighted by atomic mass is 19.1. The fourth-order valence-corrected chi connectivity index (χ4v) is 2.67. The molecule has 0 aliphatic rings. The Kier molecular flexibility index (Phi) is 9.24. The lowest BCUT2D eigenvalue weighted by Gasteiger charge is -2.11. The van der Waals surface area contributed by atoms with Gasteiger partial charge in [0, 0.05) is 12.1 Å². The van der Waals surface area contributed by atoms with E-state index < -0.39 is 11.6 Å². The first-order chi connectivity index (χ1) is 10.1. The third kappa shape index (κ3) is 8.82. The molecule has 0 aliphatic carbocycles. The van der Waals surface area contributed by atoms with Gasteiger partial charge in [0.25, 0.3) is 0 Å². The molecule has 0 fully saturated rings. The lowest BCUT2D eigenvalue weighted by atomic mass is 10.00. The van der Waals surface area contributed by atoms with E-state index in [0.29, 0.717) is 12.0 Å². The molecule has 1 nitrogen and oxygen atoms in total. The van der Waals surface area contributed by atoms with Crippen molar-refractivity contribution in [3.63, 3.8) is 0 Å². The van der Waals surface area contributed by atoms with E-state index in [-0.39, 0.29) is 6.04 Å². The predicted octanol–water partition coefficient (Wildman–Crippen LogP) is 5.37. The maximum absolute atomic E-state index is 13.1. The quantitative estimate of drug-likeness (QED) is 0.546. The molecule has 0 heterocycles. The van der Waals surface area contributed by atoms with Crippen LogP contribution >= 0.6 is 0 Å². The number of hydrogen-bond donors (Lipinski definition) is 1. The highest BCUT2D eigenvalue weighted by Crippen LogP contribution is 2.14. The van der Waals surface area contributed by atoms with Crippen LogP contribution < -0.4 is 5.73 Å². The third-order valence-corrected chi connectivity index (χ3v) is 3.85. The zero-order valence-corrected chi connectivity index (χ0v) is 13.2. The number of unbranched alkanes of at least 4 members (excludes halogenated alkanes) is 7. The Morgan fingerprint density at radius 2 is 1.38 bits per heavy atom. The van der Waals surface area contributed by atoms with Crippen molar-refractivity contribution in [3.8, 4) is 0 Å². The number of benzene rings is 1. The summed E-state index contributed by atoms with van der Waals surface area (Å²) in [4.78, 5) is 0. The van der Waals surface area contributed by atoms with Crippen molar-refractivity contribution in [1.29, 1.82) is 0 Å². The van der Waals surface area contributed by atoms with Crippen molar-refractivity contribution < 1.29 is 8.78 Å². The standard InChI is InChI=1S/C18H29F2N/c1-2-3-4-5-6-7-8-9-10-18(21)13-15-11-16(19)14-17(20)12-15/h11-12,14,18H,2-10,13,21H2,1H3. The molecule has 0 spiro atoms. The van der Waals surface area contributed by atoms with Crippen molar-refractivity contribution in [2.45, 2.75) is 77.2 Å². The molecule has 0 saturated carbocycles. The maximum Gasteiger partial charge on any atom is 0.126 e. The van der Waals surface area contributed by atoms with Crippen molar-refractivity contribution in [3.05, 3.63) is 35.4 Å². The summed E-state index contributed by atoms with van der Waals surface area (Å²) < 4.78 is 26.2. The van der Waals surface area contributed by atoms with Crippen molar-refractivity contribution in [2.24, 2.45) is 5.73 Å². The van der Waals surface area contributed by atoms with E-state index in [2.05, 4.69) is 6.92 Å². The van der Waals surface area contributed by atoms with E-state index in [0.717, 1.165) is 18.9 Å². The van der Waals surface area contributed by atoms with Gasteiger partial charge in [0.1, 0.15) is 11.6 Å². The summed E-state index contributed by atoms with van der Waals surface area (Å²) in [7, 11) is 0. The highest BCUT2D eigenvalue weighted by molar-refractivity contribution is 5.18. The summed E-state index contributed by atoms with van der Waals surface area (Å²) in [5.74, 6) is -1.05. The molecular weight excluding hydrogens is 268 g/mol. The SMILES string of the molecule is CCCCCCCCCCC(N)Cc1cc(F)cc(F)c1. The maximum atomic E-state index is 13.1. The smallest absolute Gasteiger partial charge is 0.126 e. The Morgan fingerprint density at radius 3 is 1.95 bits per heavy atom. The van der Waals surface area contributed by atoms with Crippen molar-refractivity contribution in [2.75, 3.05) is 0 Å². The van der Waals surface area contributed by atoms with Crippen molar-refractivity contribution >= 4 is 0 Å². The van der Waals surface area contributed by atoms with Crippen molar-refractivity contribution in [1.82, 2.24) is 0 Å². The molecule has 0 saturated heterocycles. The van der Waals surface area contributed by atoms with Gasteiger partial charge in [-0.15, -0.1) is 0 Å². The molecule has 21 heavy (non-hydrogen) atoms. The average Bonchev–Trinajstić information content (AvgIpc) is 2.40. The van der Waals surface area contributed by atoms with Gasteiger partial charge in [-0.3, -0.25) is 0 Å². The molecule has 1 aromatic rings. The second-order valence-electron chi connectivity index (χ2n) is 6.01. The summed E-state index contributed by atoms with van der Waals surface area (Å²) in [5, 5.41) is 0. The normalized spacial score (nSPS) is 12.6. The van der Waals surface area contributed by atoms with Gasteiger partial charge in [-0.2, -0.15) is 0 Å². The molecule has 2 N–H and O–H groups in total. The molecule has 0 aromatic heterocycles. The van der Waals surface area contributed by atoms with Gasteiger partial charge in [-0.05, 0) is 30.5 Å². The van der Waals surface area contributed by atoms with Crippen LogP contribution in [0.3, 0.4) is 0 Å². The minimum Gasteiger partial charge on any atom is -0.327 e. The minimum atomic E-state index is -0.524. The Labute approximate surface area is 127 Å². The molecule has 0 amide bonds. The average molecular weight is 297 g/mol. The van der Waals surface area contributed by atoms with Crippen LogP contribution in [0.25, 0.3) is 0 Å². The van der Waals surface area contributed by atoms with Crippen LogP contribution in [-0.4, -0.2) is 6.04 Å². The molecule has 120 valence electrons. The summed E-state index contributed by atoms with van der Waals surface area (Å²) in [6, 6.07) is 3.63. The fraction of sp³-hybridized carbons (Fsp3) is 0.667. The Bertz CT molecular complexity index is 373. The van der Waals surface area contributed by atoms with E-state index in [1.54, 1.807) is 0 Å². The molecule has 1 unspecified atom stereocenters. The van der Waals surface area contributed by atoms with E-state index in [4.69, 9.17) is 5.73 Å². The number of halogens is 2. The Balaban J connectivity index is 2.09. The second-order valence-corrected chi connectivity index (χ2v) is 6.01. The first kappa shape index (κ1) is 18.1. The molecule has 1 aromatic carbocycles. The lowest BCUT2D eigenvalue weighted by Crippen LogP contribution is -2.22. The first-order valence-electron chi connectivity index (χ1n) is 8.32. The van der Waals surface area contributed by atoms with Gasteiger partial charge in [0.05, 0.1) is 0 Å². The molecule has 0 aliphatic heterocycles. The van der Waals surface area contributed by atoms with E-state index in [1.165, 1.54) is 57.1 Å². The Morgan fingerprint density at radius 1 is 0.857 bits per heavy atom. The van der Waals surface area contributed by atoms with Crippen LogP contribution in [0.4, 0.5) is 8.78 Å². The van der Waals surface area contributed by atoms with Crippen LogP contribution in [0.1, 0.15) is 70.3 Å². The van der Waals surface area contributed by atoms with Gasteiger partial charge >= 0.3 is 0 Å². The molecular formula is C18H29F2N. The van der Waals surface area contributed by atoms with E-state index in [1.807, 2.05) is 0 Å². The number of hydrogen-bond acceptors (Lipinski definition) is 1.